The van der Waals surface area contributed by atoms with Crippen molar-refractivity contribution in [2.75, 3.05) is 0 Å². The van der Waals surface area contributed by atoms with E-state index in [0.29, 0.717) is 17.0 Å². The van der Waals surface area contributed by atoms with Crippen LogP contribution in [0.25, 0.3) is 5.69 Å². The van der Waals surface area contributed by atoms with E-state index >= 15 is 0 Å². The average molecular weight is 328 g/mol. The molecule has 124 valence electrons. The summed E-state index contributed by atoms with van der Waals surface area (Å²) in [5.41, 5.74) is 2.15. The van der Waals surface area contributed by atoms with Crippen LogP contribution in [0.1, 0.15) is 40.3 Å². The van der Waals surface area contributed by atoms with E-state index in [-0.39, 0.29) is 17.6 Å². The van der Waals surface area contributed by atoms with E-state index in [1.54, 1.807) is 44.4 Å². The molecule has 0 unspecified atom stereocenters. The molecule has 6 nitrogen and oxygen atoms in total. The Labute approximate surface area is 138 Å². The van der Waals surface area contributed by atoms with Gasteiger partial charge < -0.3 is 9.84 Å². The Hall–Kier alpha value is -2.96. The number of nitrogens with zero attached hydrogens (tertiary/aromatic N) is 3. The topological polar surface area (TPSA) is 73.0 Å². The number of carbonyl (C=O) groups excluding carboxylic acids is 1. The monoisotopic (exact) mass is 328 g/mol. The van der Waals surface area contributed by atoms with E-state index in [0.717, 1.165) is 5.56 Å². The summed E-state index contributed by atoms with van der Waals surface area (Å²) in [6.45, 7) is 5.37. The van der Waals surface area contributed by atoms with Gasteiger partial charge in [-0.1, -0.05) is 11.2 Å². The molecule has 0 aliphatic carbocycles. The summed E-state index contributed by atoms with van der Waals surface area (Å²) < 4.78 is 20.7. The fourth-order valence-corrected chi connectivity index (χ4v) is 2.35. The van der Waals surface area contributed by atoms with Crippen LogP contribution in [0.15, 0.2) is 41.2 Å². The summed E-state index contributed by atoms with van der Waals surface area (Å²) in [5.74, 6) is -0.224. The summed E-state index contributed by atoms with van der Waals surface area (Å²) in [4.78, 5) is 12.1. The molecule has 3 rings (SSSR count). The van der Waals surface area contributed by atoms with Gasteiger partial charge in [-0.15, -0.1) is 0 Å². The van der Waals surface area contributed by atoms with Gasteiger partial charge >= 0.3 is 0 Å². The van der Waals surface area contributed by atoms with Gasteiger partial charge in [-0.2, -0.15) is 5.10 Å². The van der Waals surface area contributed by atoms with Gasteiger partial charge in [0.25, 0.3) is 5.91 Å². The van der Waals surface area contributed by atoms with Crippen molar-refractivity contribution in [3.8, 4) is 5.69 Å². The molecule has 0 fully saturated rings. The number of hydrogen-bond acceptors (Lipinski definition) is 4. The first-order valence-corrected chi connectivity index (χ1v) is 7.49. The van der Waals surface area contributed by atoms with Crippen LogP contribution >= 0.6 is 0 Å². The van der Waals surface area contributed by atoms with E-state index in [9.17, 15) is 9.18 Å². The molecule has 0 spiro atoms. The van der Waals surface area contributed by atoms with Crippen molar-refractivity contribution in [3.05, 3.63) is 65.1 Å². The number of hydrogen-bond donors (Lipinski definition) is 1. The highest BCUT2D eigenvalue weighted by Gasteiger charge is 2.16. The molecule has 1 amide bonds. The van der Waals surface area contributed by atoms with Crippen LogP contribution in [0, 0.1) is 19.7 Å². The lowest BCUT2D eigenvalue weighted by molar-refractivity contribution is 0.0930. The molecule has 0 bridgehead atoms. The minimum absolute atomic E-state index is 0.198. The zero-order valence-electron chi connectivity index (χ0n) is 13.6. The first-order valence-electron chi connectivity index (χ1n) is 7.49. The second-order valence-corrected chi connectivity index (χ2v) is 5.69. The molecule has 2 aromatic heterocycles. The van der Waals surface area contributed by atoms with Crippen molar-refractivity contribution >= 4 is 5.91 Å². The highest BCUT2D eigenvalue weighted by Crippen LogP contribution is 2.20. The largest absolute Gasteiger partial charge is 0.361 e. The summed E-state index contributed by atoms with van der Waals surface area (Å²) in [6, 6.07) is 5.96. The quantitative estimate of drug-likeness (QED) is 0.799. The Bertz CT molecular complexity index is 884. The minimum atomic E-state index is -0.408. The van der Waals surface area contributed by atoms with Crippen molar-refractivity contribution in [3.63, 3.8) is 0 Å². The molecule has 1 atom stereocenters. The Morgan fingerprint density at radius 1 is 1.33 bits per heavy atom. The third-order valence-corrected chi connectivity index (χ3v) is 3.64. The summed E-state index contributed by atoms with van der Waals surface area (Å²) in [5, 5.41) is 10.5. The first-order chi connectivity index (χ1) is 11.4. The minimum Gasteiger partial charge on any atom is -0.361 e. The molecular formula is C17H17FN4O2. The molecule has 2 heterocycles. The number of aromatic nitrogens is 3. The third-order valence-electron chi connectivity index (χ3n) is 3.64. The predicted octanol–water partition coefficient (Wildman–Crippen LogP) is 3.11. The lowest BCUT2D eigenvalue weighted by atomic mass is 10.1. The van der Waals surface area contributed by atoms with Crippen LogP contribution in [0.4, 0.5) is 4.39 Å². The predicted molar refractivity (Wildman–Crippen MR) is 85.4 cm³/mol. The van der Waals surface area contributed by atoms with Crippen molar-refractivity contribution in [1.29, 1.82) is 0 Å². The van der Waals surface area contributed by atoms with Crippen molar-refractivity contribution < 1.29 is 13.7 Å². The second kappa shape index (κ2) is 6.27. The molecule has 1 N–H and O–H groups in total. The number of rotatable bonds is 4. The molecule has 7 heteroatoms. The fraction of sp³-hybridized carbons (Fsp3) is 0.235. The van der Waals surface area contributed by atoms with E-state index in [1.807, 2.05) is 6.92 Å². The van der Waals surface area contributed by atoms with Gasteiger partial charge in [-0.05, 0) is 44.0 Å². The normalized spacial score (nSPS) is 12.2. The first kappa shape index (κ1) is 15.9. The highest BCUT2D eigenvalue weighted by atomic mass is 19.1. The highest BCUT2D eigenvalue weighted by molar-refractivity contribution is 5.92. The standard InChI is InChI=1S/C17H17FN4O2/c1-10-8-19-22(9-10)16-5-4-13(7-14(16)18)12(3)20-17(23)15-6-11(2)24-21-15/h4-9,12H,1-3H3,(H,20,23)/t12-/m0/s1. The number of carbonyl (C=O) groups is 1. The summed E-state index contributed by atoms with van der Waals surface area (Å²) in [6.07, 6.45) is 3.41. The van der Waals surface area contributed by atoms with Crippen LogP contribution in [0.3, 0.4) is 0 Å². The number of halogens is 1. The van der Waals surface area contributed by atoms with Crippen LogP contribution in [-0.2, 0) is 0 Å². The Morgan fingerprint density at radius 3 is 2.71 bits per heavy atom. The third kappa shape index (κ3) is 3.19. The molecule has 0 aliphatic rings. The van der Waals surface area contributed by atoms with Crippen LogP contribution in [0.5, 0.6) is 0 Å². The average Bonchev–Trinajstić information content (AvgIpc) is 3.15. The van der Waals surface area contributed by atoms with Crippen molar-refractivity contribution in [1.82, 2.24) is 20.3 Å². The molecule has 0 radical (unpaired) electrons. The summed E-state index contributed by atoms with van der Waals surface area (Å²) >= 11 is 0. The molecule has 0 saturated heterocycles. The molecule has 3 aromatic rings. The maximum Gasteiger partial charge on any atom is 0.273 e. The smallest absolute Gasteiger partial charge is 0.273 e. The summed E-state index contributed by atoms with van der Waals surface area (Å²) in [7, 11) is 0. The fourth-order valence-electron chi connectivity index (χ4n) is 2.35. The van der Waals surface area contributed by atoms with Gasteiger partial charge in [-0.3, -0.25) is 4.79 Å². The molecule has 24 heavy (non-hydrogen) atoms. The van der Waals surface area contributed by atoms with Gasteiger partial charge in [0.05, 0.1) is 12.2 Å². The molecule has 0 saturated carbocycles. The van der Waals surface area contributed by atoms with E-state index in [4.69, 9.17) is 4.52 Å². The van der Waals surface area contributed by atoms with E-state index in [2.05, 4.69) is 15.6 Å². The van der Waals surface area contributed by atoms with Gasteiger partial charge in [0.15, 0.2) is 5.69 Å². The zero-order chi connectivity index (χ0) is 17.3. The Kier molecular flexibility index (Phi) is 4.16. The lowest BCUT2D eigenvalue weighted by Gasteiger charge is -2.14. The number of benzene rings is 1. The van der Waals surface area contributed by atoms with Crippen LogP contribution in [0.2, 0.25) is 0 Å². The number of amides is 1. The second-order valence-electron chi connectivity index (χ2n) is 5.69. The zero-order valence-corrected chi connectivity index (χ0v) is 13.6. The van der Waals surface area contributed by atoms with Gasteiger partial charge in [0.1, 0.15) is 17.3 Å². The SMILES string of the molecule is Cc1cnn(-c2ccc([C@H](C)NC(=O)c3cc(C)on3)cc2F)c1. The van der Waals surface area contributed by atoms with E-state index in [1.165, 1.54) is 10.7 Å². The van der Waals surface area contributed by atoms with Gasteiger partial charge in [0.2, 0.25) is 0 Å². The molecule has 0 aliphatic heterocycles. The Morgan fingerprint density at radius 2 is 2.12 bits per heavy atom. The van der Waals surface area contributed by atoms with Crippen molar-refractivity contribution in [2.24, 2.45) is 0 Å². The maximum absolute atomic E-state index is 14.4. The molecule has 1 aromatic carbocycles. The number of nitrogens with one attached hydrogen (secondary N) is 1. The lowest BCUT2D eigenvalue weighted by Crippen LogP contribution is -2.27. The Balaban J connectivity index is 1.77. The van der Waals surface area contributed by atoms with Crippen molar-refractivity contribution in [2.45, 2.75) is 26.8 Å². The van der Waals surface area contributed by atoms with Crippen LogP contribution in [-0.4, -0.2) is 20.8 Å². The maximum atomic E-state index is 14.4. The molecular weight excluding hydrogens is 311 g/mol. The van der Waals surface area contributed by atoms with Crippen LogP contribution < -0.4 is 5.32 Å². The number of aryl methyl sites for hydroxylation is 2. The van der Waals surface area contributed by atoms with E-state index < -0.39 is 5.82 Å². The van der Waals surface area contributed by atoms with Gasteiger partial charge in [-0.25, -0.2) is 9.07 Å². The van der Waals surface area contributed by atoms with Gasteiger partial charge in [0, 0.05) is 12.3 Å².